The summed E-state index contributed by atoms with van der Waals surface area (Å²) in [4.78, 5) is 42.3. The molecule has 41 heavy (non-hydrogen) atoms. The van der Waals surface area contributed by atoms with E-state index in [-0.39, 0.29) is 18.7 Å². The molecule has 1 heterocycles. The van der Waals surface area contributed by atoms with Crippen molar-refractivity contribution in [3.8, 4) is 11.1 Å². The van der Waals surface area contributed by atoms with Crippen LogP contribution in [-0.4, -0.2) is 34.4 Å². The number of nitrogens with one attached hydrogen (secondary N) is 3. The molecule has 1 aromatic heterocycles. The third kappa shape index (κ3) is 9.03. The summed E-state index contributed by atoms with van der Waals surface area (Å²) in [6.45, 7) is 0.673. The summed E-state index contributed by atoms with van der Waals surface area (Å²) in [5, 5.41) is 18.5. The molecule has 2 atom stereocenters. The van der Waals surface area contributed by atoms with Crippen LogP contribution in [0.15, 0.2) is 109 Å². The van der Waals surface area contributed by atoms with Gasteiger partial charge in [0.15, 0.2) is 0 Å². The van der Waals surface area contributed by atoms with E-state index in [9.17, 15) is 19.5 Å². The van der Waals surface area contributed by atoms with Crippen molar-refractivity contribution in [2.45, 2.75) is 37.8 Å². The summed E-state index contributed by atoms with van der Waals surface area (Å²) >= 11 is 0. The number of carbonyl (C=O) groups is 3. The molecular weight excluding hydrogens is 516 g/mol. The van der Waals surface area contributed by atoms with Gasteiger partial charge in [-0.05, 0) is 47.2 Å². The molecule has 0 bridgehead atoms. The lowest BCUT2D eigenvalue weighted by atomic mass is 9.98. The zero-order valence-electron chi connectivity index (χ0n) is 22.7. The number of carboxylic acid groups (broad SMARTS) is 1. The number of aliphatic carboxylic acids is 1. The topological polar surface area (TPSA) is 120 Å². The van der Waals surface area contributed by atoms with Gasteiger partial charge in [-0.3, -0.25) is 14.4 Å². The van der Waals surface area contributed by atoms with Gasteiger partial charge in [0.05, 0.1) is 12.5 Å². The number of amides is 2. The van der Waals surface area contributed by atoms with Crippen molar-refractivity contribution in [3.63, 3.8) is 0 Å². The lowest BCUT2D eigenvalue weighted by molar-refractivity contribution is -0.138. The van der Waals surface area contributed by atoms with Crippen molar-refractivity contribution < 1.29 is 19.5 Å². The summed E-state index contributed by atoms with van der Waals surface area (Å²) < 4.78 is 0. The fraction of sp³-hybridized carbons (Fsp3) is 0.212. The number of benzene rings is 3. The van der Waals surface area contributed by atoms with Crippen molar-refractivity contribution in [2.75, 3.05) is 11.9 Å². The molecule has 2 amide bonds. The van der Waals surface area contributed by atoms with E-state index in [4.69, 9.17) is 0 Å². The number of hydrogen-bond donors (Lipinski definition) is 4. The smallest absolute Gasteiger partial charge is 0.305 e. The summed E-state index contributed by atoms with van der Waals surface area (Å²) in [7, 11) is 0. The first-order valence-electron chi connectivity index (χ1n) is 13.7. The predicted octanol–water partition coefficient (Wildman–Crippen LogP) is 5.52. The van der Waals surface area contributed by atoms with Crippen LogP contribution >= 0.6 is 0 Å². The SMILES string of the molecule is O=C(O)CC(NC(=O)[C@H](NC(=O)CCCCNc1ccccn1)c1ccccc1)c1ccc(-c2ccccc2)cc1. The van der Waals surface area contributed by atoms with E-state index in [0.29, 0.717) is 24.1 Å². The van der Waals surface area contributed by atoms with Crippen LogP contribution in [0.25, 0.3) is 11.1 Å². The molecule has 0 saturated carbocycles. The molecule has 3 aromatic carbocycles. The molecule has 4 aromatic rings. The maximum Gasteiger partial charge on any atom is 0.305 e. The second kappa shape index (κ2) is 15.0. The quantitative estimate of drug-likeness (QED) is 0.154. The minimum atomic E-state index is -1.04. The molecule has 0 aliphatic heterocycles. The lowest BCUT2D eigenvalue weighted by Crippen LogP contribution is -2.42. The number of carboxylic acids is 1. The van der Waals surface area contributed by atoms with E-state index in [2.05, 4.69) is 20.9 Å². The van der Waals surface area contributed by atoms with Crippen LogP contribution in [-0.2, 0) is 14.4 Å². The Hall–Kier alpha value is -4.98. The van der Waals surface area contributed by atoms with E-state index < -0.39 is 24.0 Å². The van der Waals surface area contributed by atoms with Gasteiger partial charge in [-0.2, -0.15) is 0 Å². The van der Waals surface area contributed by atoms with E-state index >= 15 is 0 Å². The molecule has 4 N–H and O–H groups in total. The molecule has 0 saturated heterocycles. The molecule has 4 rings (SSSR count). The Balaban J connectivity index is 1.40. The van der Waals surface area contributed by atoms with E-state index in [1.807, 2.05) is 78.9 Å². The van der Waals surface area contributed by atoms with Gasteiger partial charge in [0.2, 0.25) is 11.8 Å². The van der Waals surface area contributed by atoms with Gasteiger partial charge in [0.1, 0.15) is 11.9 Å². The number of anilines is 1. The average molecular weight is 551 g/mol. The molecule has 8 nitrogen and oxygen atoms in total. The number of unbranched alkanes of at least 4 members (excludes halogenated alkanes) is 1. The summed E-state index contributed by atoms with van der Waals surface area (Å²) in [5.41, 5.74) is 3.30. The Kier molecular flexibility index (Phi) is 10.6. The highest BCUT2D eigenvalue weighted by atomic mass is 16.4. The Morgan fingerprint density at radius 2 is 1.37 bits per heavy atom. The molecule has 0 aliphatic carbocycles. The van der Waals surface area contributed by atoms with Crippen molar-refractivity contribution in [2.24, 2.45) is 0 Å². The van der Waals surface area contributed by atoms with Crippen LogP contribution in [0, 0.1) is 0 Å². The summed E-state index contributed by atoms with van der Waals surface area (Å²) in [6, 6.07) is 30.1. The van der Waals surface area contributed by atoms with Crippen LogP contribution in [0.5, 0.6) is 0 Å². The van der Waals surface area contributed by atoms with E-state index in [1.165, 1.54) is 0 Å². The van der Waals surface area contributed by atoms with Gasteiger partial charge in [-0.1, -0.05) is 91.0 Å². The van der Waals surface area contributed by atoms with Gasteiger partial charge in [0.25, 0.3) is 0 Å². The monoisotopic (exact) mass is 550 g/mol. The highest BCUT2D eigenvalue weighted by Gasteiger charge is 2.26. The van der Waals surface area contributed by atoms with Gasteiger partial charge in [-0.25, -0.2) is 4.98 Å². The first kappa shape index (κ1) is 29.0. The van der Waals surface area contributed by atoms with Crippen molar-refractivity contribution >= 4 is 23.6 Å². The van der Waals surface area contributed by atoms with Crippen LogP contribution < -0.4 is 16.0 Å². The molecular formula is C33H34N4O4. The average Bonchev–Trinajstić information content (AvgIpc) is 3.00. The minimum absolute atomic E-state index is 0.250. The highest BCUT2D eigenvalue weighted by Crippen LogP contribution is 2.25. The first-order chi connectivity index (χ1) is 20.0. The van der Waals surface area contributed by atoms with Gasteiger partial charge < -0.3 is 21.1 Å². The van der Waals surface area contributed by atoms with Gasteiger partial charge in [0, 0.05) is 19.2 Å². The standard InChI is InChI=1S/C33H34N4O4/c38-30(16-8-10-22-35-29-15-7-9-21-34-29)37-32(27-13-5-2-6-14-27)33(41)36-28(23-31(39)40)26-19-17-25(18-20-26)24-11-3-1-4-12-24/h1-7,9,11-15,17-21,28,32H,8,10,16,22-23H2,(H,34,35)(H,36,41)(H,37,38)(H,39,40)/t28?,32-/m1/s1. The molecule has 0 fully saturated rings. The summed E-state index contributed by atoms with van der Waals surface area (Å²) in [6.07, 6.45) is 3.05. The maximum atomic E-state index is 13.5. The fourth-order valence-corrected chi connectivity index (χ4v) is 4.49. The number of hydrogen-bond acceptors (Lipinski definition) is 5. The second-order valence-corrected chi connectivity index (χ2v) is 9.66. The molecule has 0 radical (unpaired) electrons. The lowest BCUT2D eigenvalue weighted by Gasteiger charge is -2.23. The highest BCUT2D eigenvalue weighted by molar-refractivity contribution is 5.89. The van der Waals surface area contributed by atoms with E-state index in [0.717, 1.165) is 23.4 Å². The molecule has 210 valence electrons. The van der Waals surface area contributed by atoms with Crippen LogP contribution in [0.4, 0.5) is 5.82 Å². The fourth-order valence-electron chi connectivity index (χ4n) is 4.49. The predicted molar refractivity (Wildman–Crippen MR) is 159 cm³/mol. The van der Waals surface area contributed by atoms with E-state index in [1.54, 1.807) is 30.5 Å². The van der Waals surface area contributed by atoms with Crippen molar-refractivity contribution in [1.29, 1.82) is 0 Å². The molecule has 0 aliphatic rings. The zero-order chi connectivity index (χ0) is 28.9. The van der Waals surface area contributed by atoms with Crippen LogP contribution in [0.2, 0.25) is 0 Å². The molecule has 8 heteroatoms. The Bertz CT molecular complexity index is 1400. The number of carbonyl (C=O) groups excluding carboxylic acids is 2. The third-order valence-corrected chi connectivity index (χ3v) is 6.62. The largest absolute Gasteiger partial charge is 0.481 e. The normalized spacial score (nSPS) is 12.1. The number of rotatable bonds is 14. The number of nitrogens with zero attached hydrogens (tertiary/aromatic N) is 1. The first-order valence-corrected chi connectivity index (χ1v) is 13.7. The van der Waals surface area contributed by atoms with Gasteiger partial charge >= 0.3 is 5.97 Å². The maximum absolute atomic E-state index is 13.5. The zero-order valence-corrected chi connectivity index (χ0v) is 22.7. The van der Waals surface area contributed by atoms with Gasteiger partial charge in [-0.15, -0.1) is 0 Å². The van der Waals surface area contributed by atoms with Crippen molar-refractivity contribution in [3.05, 3.63) is 120 Å². The molecule has 1 unspecified atom stereocenters. The van der Waals surface area contributed by atoms with Crippen LogP contribution in [0.1, 0.15) is 48.9 Å². The number of pyridine rings is 1. The Labute approximate surface area is 239 Å². The summed E-state index contributed by atoms with van der Waals surface area (Å²) in [5.74, 6) is -0.987. The molecule has 0 spiro atoms. The second-order valence-electron chi connectivity index (χ2n) is 9.66. The van der Waals surface area contributed by atoms with Crippen molar-refractivity contribution in [1.82, 2.24) is 15.6 Å². The minimum Gasteiger partial charge on any atom is -0.481 e. The number of aromatic nitrogens is 1. The Morgan fingerprint density at radius 3 is 2.02 bits per heavy atom. The third-order valence-electron chi connectivity index (χ3n) is 6.62. The van der Waals surface area contributed by atoms with Crippen LogP contribution in [0.3, 0.4) is 0 Å². The Morgan fingerprint density at radius 1 is 0.707 bits per heavy atom.